The molecule has 1 aromatic heterocycles. The maximum absolute atomic E-state index is 14.6. The van der Waals surface area contributed by atoms with Gasteiger partial charge in [0.1, 0.15) is 16.5 Å². The number of hydrogen-bond donors (Lipinski definition) is 1. The first kappa shape index (κ1) is 19.3. The molecule has 2 aromatic rings. The number of carbonyl (C=O) groups is 1. The van der Waals surface area contributed by atoms with Gasteiger partial charge in [0.15, 0.2) is 0 Å². The predicted molar refractivity (Wildman–Crippen MR) is 103 cm³/mol. The quantitative estimate of drug-likeness (QED) is 0.814. The molecule has 0 bridgehead atoms. The summed E-state index contributed by atoms with van der Waals surface area (Å²) in [7, 11) is -4.01. The highest BCUT2D eigenvalue weighted by atomic mass is 32.2. The van der Waals surface area contributed by atoms with Crippen molar-refractivity contribution in [3.8, 4) is 6.07 Å². The van der Waals surface area contributed by atoms with Gasteiger partial charge in [-0.1, -0.05) is 0 Å². The van der Waals surface area contributed by atoms with Crippen LogP contribution in [0.3, 0.4) is 0 Å². The highest BCUT2D eigenvalue weighted by molar-refractivity contribution is 7.89. The smallest absolute Gasteiger partial charge is 0.246 e. The van der Waals surface area contributed by atoms with Gasteiger partial charge in [0.2, 0.25) is 15.9 Å². The van der Waals surface area contributed by atoms with Crippen LogP contribution >= 0.6 is 0 Å². The van der Waals surface area contributed by atoms with Crippen LogP contribution in [-0.2, 0) is 21.2 Å². The van der Waals surface area contributed by atoms with Gasteiger partial charge in [-0.25, -0.2) is 17.8 Å². The first-order valence-electron chi connectivity index (χ1n) is 9.12. The molecule has 0 spiro atoms. The number of sulfonamides is 1. The van der Waals surface area contributed by atoms with Gasteiger partial charge in [-0.15, -0.1) is 0 Å². The maximum atomic E-state index is 14.6. The molecule has 1 saturated heterocycles. The van der Waals surface area contributed by atoms with Crippen molar-refractivity contribution in [2.24, 2.45) is 0 Å². The van der Waals surface area contributed by atoms with E-state index in [0.29, 0.717) is 42.1 Å². The molecule has 8 nitrogen and oxygen atoms in total. The molecule has 1 aromatic carbocycles. The van der Waals surface area contributed by atoms with E-state index in [2.05, 4.69) is 16.4 Å². The molecule has 10 heteroatoms. The largest absolute Gasteiger partial charge is 0.354 e. The predicted octanol–water partition coefficient (Wildman–Crippen LogP) is 1.49. The molecule has 150 valence electrons. The van der Waals surface area contributed by atoms with Gasteiger partial charge in [0.05, 0.1) is 11.6 Å². The van der Waals surface area contributed by atoms with Gasteiger partial charge < -0.3 is 10.2 Å². The lowest BCUT2D eigenvalue weighted by Crippen LogP contribution is -2.49. The van der Waals surface area contributed by atoms with Crippen LogP contribution in [0.25, 0.3) is 0 Å². The Balaban J connectivity index is 1.54. The van der Waals surface area contributed by atoms with Crippen molar-refractivity contribution in [3.63, 3.8) is 0 Å². The van der Waals surface area contributed by atoms with E-state index in [1.165, 1.54) is 16.6 Å². The number of nitriles is 1. The van der Waals surface area contributed by atoms with Crippen LogP contribution in [0.5, 0.6) is 0 Å². The minimum Gasteiger partial charge on any atom is -0.354 e. The van der Waals surface area contributed by atoms with Gasteiger partial charge in [-0.05, 0) is 36.2 Å². The van der Waals surface area contributed by atoms with Gasteiger partial charge in [0.25, 0.3) is 0 Å². The Morgan fingerprint density at radius 3 is 2.62 bits per heavy atom. The Labute approximate surface area is 167 Å². The van der Waals surface area contributed by atoms with Crippen LogP contribution in [-0.4, -0.2) is 49.8 Å². The van der Waals surface area contributed by atoms with Crippen molar-refractivity contribution in [3.05, 3.63) is 47.4 Å². The van der Waals surface area contributed by atoms with Crippen molar-refractivity contribution in [2.75, 3.05) is 36.4 Å². The fraction of sp³-hybridized carbons (Fsp3) is 0.316. The van der Waals surface area contributed by atoms with E-state index < -0.39 is 15.8 Å². The number of hydrogen-bond acceptors (Lipinski definition) is 6. The second-order valence-electron chi connectivity index (χ2n) is 6.89. The van der Waals surface area contributed by atoms with Crippen molar-refractivity contribution >= 4 is 27.4 Å². The van der Waals surface area contributed by atoms with Crippen LogP contribution in [0.2, 0.25) is 0 Å². The summed E-state index contributed by atoms with van der Waals surface area (Å²) in [4.78, 5) is 17.2. The molecular weight excluding hydrogens is 397 g/mol. The highest BCUT2D eigenvalue weighted by Crippen LogP contribution is 2.30. The molecule has 1 fully saturated rings. The third-order valence-electron chi connectivity index (χ3n) is 5.11. The van der Waals surface area contributed by atoms with E-state index in [1.807, 2.05) is 4.90 Å². The Bertz CT molecular complexity index is 1120. The molecule has 4 rings (SSSR count). The molecule has 0 aliphatic carbocycles. The average molecular weight is 415 g/mol. The molecule has 0 saturated carbocycles. The first-order valence-corrected chi connectivity index (χ1v) is 10.6. The zero-order chi connectivity index (χ0) is 20.6. The SMILES string of the molecule is N#Cc1ccnc(N2CCN(S(=O)(=O)c3cc4c(cc3F)NC(=O)CC4)CC2)c1. The Morgan fingerprint density at radius 1 is 1.14 bits per heavy atom. The summed E-state index contributed by atoms with van der Waals surface area (Å²) in [6, 6.07) is 7.71. The fourth-order valence-corrected chi connectivity index (χ4v) is 5.05. The second-order valence-corrected chi connectivity index (χ2v) is 8.80. The molecule has 0 atom stereocenters. The van der Waals surface area contributed by atoms with Crippen molar-refractivity contribution < 1.29 is 17.6 Å². The number of fused-ring (bicyclic) bond motifs is 1. The van der Waals surface area contributed by atoms with E-state index in [9.17, 15) is 17.6 Å². The molecule has 2 aliphatic rings. The van der Waals surface area contributed by atoms with E-state index >= 15 is 0 Å². The number of aryl methyl sites for hydroxylation is 1. The zero-order valence-corrected chi connectivity index (χ0v) is 16.2. The zero-order valence-electron chi connectivity index (χ0n) is 15.4. The second kappa shape index (κ2) is 7.42. The van der Waals surface area contributed by atoms with Gasteiger partial charge in [-0.3, -0.25) is 4.79 Å². The molecule has 1 N–H and O–H groups in total. The number of nitrogens with zero attached hydrogens (tertiary/aromatic N) is 4. The lowest BCUT2D eigenvalue weighted by molar-refractivity contribution is -0.116. The van der Waals surface area contributed by atoms with E-state index in [1.54, 1.807) is 12.1 Å². The number of pyridine rings is 1. The monoisotopic (exact) mass is 415 g/mol. The normalized spacial score (nSPS) is 17.4. The van der Waals surface area contributed by atoms with Crippen molar-refractivity contribution in [1.82, 2.24) is 9.29 Å². The number of anilines is 2. The van der Waals surface area contributed by atoms with Crippen LogP contribution < -0.4 is 10.2 Å². The number of carbonyl (C=O) groups excluding carboxylic acids is 1. The Kier molecular flexibility index (Phi) is 4.94. The van der Waals surface area contributed by atoms with Gasteiger partial charge >= 0.3 is 0 Å². The summed E-state index contributed by atoms with van der Waals surface area (Å²) in [5, 5.41) is 11.6. The van der Waals surface area contributed by atoms with Crippen LogP contribution in [0.1, 0.15) is 17.5 Å². The highest BCUT2D eigenvalue weighted by Gasteiger charge is 2.32. The molecular formula is C19H18FN5O3S. The molecule has 3 heterocycles. The van der Waals surface area contributed by atoms with Crippen LogP contribution in [0.15, 0.2) is 35.4 Å². The standard InChI is InChI=1S/C19H18FN5O3S/c20-15-11-16-14(1-2-19(26)23-16)10-17(15)29(27,28)25-7-5-24(6-8-25)18-9-13(12-21)3-4-22-18/h3-4,9-11H,1-2,5-8H2,(H,23,26). The molecule has 29 heavy (non-hydrogen) atoms. The van der Waals surface area contributed by atoms with Crippen molar-refractivity contribution in [1.29, 1.82) is 5.26 Å². The summed E-state index contributed by atoms with van der Waals surface area (Å²) in [5.74, 6) is -0.480. The number of piperazine rings is 1. The minimum absolute atomic E-state index is 0.175. The number of rotatable bonds is 3. The van der Waals surface area contributed by atoms with Gasteiger partial charge in [0, 0.05) is 44.5 Å². The number of benzene rings is 1. The lowest BCUT2D eigenvalue weighted by atomic mass is 10.0. The van der Waals surface area contributed by atoms with E-state index in [0.717, 1.165) is 6.07 Å². The summed E-state index contributed by atoms with van der Waals surface area (Å²) in [6.45, 7) is 1.11. The number of halogens is 1. The Morgan fingerprint density at radius 2 is 1.90 bits per heavy atom. The van der Waals surface area contributed by atoms with Crippen molar-refractivity contribution in [2.45, 2.75) is 17.7 Å². The lowest BCUT2D eigenvalue weighted by Gasteiger charge is -2.34. The van der Waals surface area contributed by atoms with E-state index in [-0.39, 0.29) is 30.3 Å². The van der Waals surface area contributed by atoms with Crippen LogP contribution in [0.4, 0.5) is 15.9 Å². The molecule has 1 amide bonds. The summed E-state index contributed by atoms with van der Waals surface area (Å²) in [6.07, 6.45) is 2.16. The van der Waals surface area contributed by atoms with E-state index in [4.69, 9.17) is 5.26 Å². The average Bonchev–Trinajstić information content (AvgIpc) is 2.73. The summed E-state index contributed by atoms with van der Waals surface area (Å²) >= 11 is 0. The topological polar surface area (TPSA) is 106 Å². The number of amides is 1. The molecule has 0 unspecified atom stereocenters. The summed E-state index contributed by atoms with van der Waals surface area (Å²) in [5.41, 5.74) is 1.42. The minimum atomic E-state index is -4.01. The van der Waals surface area contributed by atoms with Crippen LogP contribution in [0, 0.1) is 17.1 Å². The fourth-order valence-electron chi connectivity index (χ4n) is 3.53. The number of aromatic nitrogens is 1. The Hall–Kier alpha value is -3.03. The maximum Gasteiger partial charge on any atom is 0.246 e. The first-order chi connectivity index (χ1) is 13.9. The van der Waals surface area contributed by atoms with Gasteiger partial charge in [-0.2, -0.15) is 9.57 Å². The molecule has 2 aliphatic heterocycles. The third-order valence-corrected chi connectivity index (χ3v) is 7.02. The number of nitrogens with one attached hydrogen (secondary N) is 1. The molecule has 0 radical (unpaired) electrons. The summed E-state index contributed by atoms with van der Waals surface area (Å²) < 4.78 is 41.9. The third kappa shape index (κ3) is 3.66.